The molecule has 0 heterocycles. The molecule has 0 atom stereocenters. The van der Waals surface area contributed by atoms with Gasteiger partial charge in [0.2, 0.25) is 0 Å². The molecule has 0 aliphatic heterocycles. The van der Waals surface area contributed by atoms with Crippen LogP contribution in [0.4, 0.5) is 0 Å². The van der Waals surface area contributed by atoms with Crippen molar-refractivity contribution >= 4 is 19.4 Å². The molecular formula is C16H22O2Se. The molecule has 0 aliphatic carbocycles. The van der Waals surface area contributed by atoms with Gasteiger partial charge in [-0.2, -0.15) is 0 Å². The Morgan fingerprint density at radius 3 is 2.00 bits per heavy atom. The van der Waals surface area contributed by atoms with Gasteiger partial charge in [-0.3, -0.25) is 0 Å². The summed E-state index contributed by atoms with van der Waals surface area (Å²) in [7, 11) is 0. The summed E-state index contributed by atoms with van der Waals surface area (Å²) in [5.41, 5.74) is -1.27. The van der Waals surface area contributed by atoms with Crippen molar-refractivity contribution in [2.45, 2.75) is 38.9 Å². The Morgan fingerprint density at radius 2 is 1.58 bits per heavy atom. The third-order valence-corrected chi connectivity index (χ3v) is 5.49. The second-order valence-electron chi connectivity index (χ2n) is 5.57. The molecule has 0 unspecified atom stereocenters. The van der Waals surface area contributed by atoms with Crippen molar-refractivity contribution in [1.29, 1.82) is 0 Å². The predicted octanol–water partition coefficient (Wildman–Crippen LogP) is 2.00. The Morgan fingerprint density at radius 1 is 1.05 bits per heavy atom. The van der Waals surface area contributed by atoms with Crippen LogP contribution in [0.5, 0.6) is 0 Å². The molecule has 19 heavy (non-hydrogen) atoms. The number of aliphatic hydroxyl groups is 2. The van der Waals surface area contributed by atoms with Crippen LogP contribution in [0.1, 0.15) is 27.7 Å². The number of hydrogen-bond donors (Lipinski definition) is 2. The Bertz CT molecular complexity index is 462. The predicted molar refractivity (Wildman–Crippen MR) is 81.6 cm³/mol. The van der Waals surface area contributed by atoms with E-state index in [1.165, 1.54) is 4.46 Å². The molecule has 0 fully saturated rings. The van der Waals surface area contributed by atoms with Crippen molar-refractivity contribution in [1.82, 2.24) is 0 Å². The Balaban J connectivity index is 3.04. The van der Waals surface area contributed by atoms with E-state index >= 15 is 0 Å². The fourth-order valence-corrected chi connectivity index (χ4v) is 3.38. The first-order chi connectivity index (χ1) is 8.60. The molecule has 1 aromatic carbocycles. The molecule has 0 spiro atoms. The summed E-state index contributed by atoms with van der Waals surface area (Å²) < 4.78 is 2.09. The first kappa shape index (κ1) is 16.2. The molecular weight excluding hydrogens is 303 g/mol. The summed E-state index contributed by atoms with van der Waals surface area (Å²) >= 11 is 0.00764. The monoisotopic (exact) mass is 326 g/mol. The summed E-state index contributed by atoms with van der Waals surface area (Å²) in [6.45, 7) is 10.8. The van der Waals surface area contributed by atoms with Crippen molar-refractivity contribution < 1.29 is 10.2 Å². The second-order valence-corrected chi connectivity index (χ2v) is 7.91. The molecule has 2 N–H and O–H groups in total. The maximum atomic E-state index is 10.3. The molecule has 0 aromatic heterocycles. The summed E-state index contributed by atoms with van der Waals surface area (Å²) in [5.74, 6) is 0. The fourth-order valence-electron chi connectivity index (χ4n) is 1.28. The first-order valence-corrected chi connectivity index (χ1v) is 7.91. The van der Waals surface area contributed by atoms with Gasteiger partial charge in [0.1, 0.15) is 0 Å². The van der Waals surface area contributed by atoms with Gasteiger partial charge < -0.3 is 0 Å². The number of rotatable bonds is 5. The van der Waals surface area contributed by atoms with E-state index in [9.17, 15) is 10.2 Å². The molecule has 0 radical (unpaired) electrons. The van der Waals surface area contributed by atoms with Gasteiger partial charge >= 0.3 is 122 Å². The minimum atomic E-state index is -0.969. The average Bonchev–Trinajstić information content (AvgIpc) is 2.27. The molecule has 3 heteroatoms. The summed E-state index contributed by atoms with van der Waals surface area (Å²) in [4.78, 5) is 0. The van der Waals surface area contributed by atoms with E-state index in [0.29, 0.717) is 5.57 Å². The number of benzene rings is 1. The van der Waals surface area contributed by atoms with Crippen LogP contribution in [0.3, 0.4) is 0 Å². The Hall–Kier alpha value is -0.861. The van der Waals surface area contributed by atoms with Gasteiger partial charge in [0.15, 0.2) is 0 Å². The molecule has 2 nitrogen and oxygen atoms in total. The zero-order valence-corrected chi connectivity index (χ0v) is 13.7. The van der Waals surface area contributed by atoms with Crippen LogP contribution >= 0.6 is 0 Å². The molecule has 0 saturated carbocycles. The van der Waals surface area contributed by atoms with Crippen molar-refractivity contribution in [3.63, 3.8) is 0 Å². The van der Waals surface area contributed by atoms with Gasteiger partial charge in [-0.1, -0.05) is 0 Å². The molecule has 0 bridgehead atoms. The van der Waals surface area contributed by atoms with Gasteiger partial charge in [0.05, 0.1) is 0 Å². The summed E-state index contributed by atoms with van der Waals surface area (Å²) in [6.07, 6.45) is 1.83. The zero-order valence-electron chi connectivity index (χ0n) is 12.0. The van der Waals surface area contributed by atoms with Crippen molar-refractivity contribution in [3.05, 3.63) is 53.0 Å². The average molecular weight is 325 g/mol. The van der Waals surface area contributed by atoms with Gasteiger partial charge in [-0.25, -0.2) is 0 Å². The fraction of sp³-hybridized carbons (Fsp3) is 0.375. The first-order valence-electron chi connectivity index (χ1n) is 6.20. The van der Waals surface area contributed by atoms with E-state index in [0.717, 1.165) is 4.47 Å². The van der Waals surface area contributed by atoms with Crippen LogP contribution in [-0.2, 0) is 0 Å². The second kappa shape index (κ2) is 6.06. The third kappa shape index (κ3) is 5.33. The standard InChI is InChI=1S/C16H22O2Se/c1-12(15(2,3)17)11-14(16(4,5)18)19-13-9-7-6-8-10-13/h6-11,17-18H,1H2,2-5H3/b14-11-. The van der Waals surface area contributed by atoms with E-state index in [1.54, 1.807) is 27.7 Å². The molecule has 104 valence electrons. The van der Waals surface area contributed by atoms with Crippen molar-refractivity contribution in [3.8, 4) is 0 Å². The van der Waals surface area contributed by atoms with Crippen LogP contribution in [0, 0.1) is 0 Å². The van der Waals surface area contributed by atoms with E-state index in [1.807, 2.05) is 36.4 Å². The molecule has 1 aromatic rings. The Labute approximate surface area is 122 Å². The Kier molecular flexibility index (Phi) is 5.17. The summed E-state index contributed by atoms with van der Waals surface area (Å²) in [5, 5.41) is 20.2. The van der Waals surface area contributed by atoms with Crippen LogP contribution in [0.2, 0.25) is 0 Å². The van der Waals surface area contributed by atoms with E-state index in [2.05, 4.69) is 6.58 Å². The van der Waals surface area contributed by atoms with Crippen LogP contribution in [-0.4, -0.2) is 36.4 Å². The van der Waals surface area contributed by atoms with Crippen molar-refractivity contribution in [2.75, 3.05) is 0 Å². The molecule has 0 amide bonds. The third-order valence-electron chi connectivity index (χ3n) is 2.67. The molecule has 0 saturated heterocycles. The van der Waals surface area contributed by atoms with Crippen LogP contribution < -0.4 is 4.46 Å². The van der Waals surface area contributed by atoms with Gasteiger partial charge in [-0.05, 0) is 0 Å². The normalized spacial score (nSPS) is 13.5. The van der Waals surface area contributed by atoms with Gasteiger partial charge in [-0.15, -0.1) is 0 Å². The van der Waals surface area contributed by atoms with E-state index < -0.39 is 11.2 Å². The van der Waals surface area contributed by atoms with Crippen LogP contribution in [0.15, 0.2) is 53.0 Å². The molecule has 0 aliphatic rings. The van der Waals surface area contributed by atoms with E-state index in [4.69, 9.17) is 0 Å². The van der Waals surface area contributed by atoms with E-state index in [-0.39, 0.29) is 15.0 Å². The quantitative estimate of drug-likeness (QED) is 0.642. The van der Waals surface area contributed by atoms with Crippen molar-refractivity contribution in [2.24, 2.45) is 0 Å². The van der Waals surface area contributed by atoms with Crippen LogP contribution in [0.25, 0.3) is 0 Å². The van der Waals surface area contributed by atoms with Gasteiger partial charge in [0.25, 0.3) is 0 Å². The van der Waals surface area contributed by atoms with Gasteiger partial charge in [0, 0.05) is 0 Å². The minimum absolute atomic E-state index is 0.00764. The molecule has 1 rings (SSSR count). The topological polar surface area (TPSA) is 40.5 Å². The zero-order chi connectivity index (χ0) is 14.7. The summed E-state index contributed by atoms with van der Waals surface area (Å²) in [6, 6.07) is 10.1. The maximum absolute atomic E-state index is 10.3. The number of hydrogen-bond acceptors (Lipinski definition) is 2. The SMILES string of the molecule is C=C(/C=C(\[Se]c1ccccc1)C(C)(C)O)C(C)(C)O.